The van der Waals surface area contributed by atoms with Crippen molar-refractivity contribution in [2.45, 2.75) is 12.8 Å². The molecule has 3 aromatic rings. The molecule has 0 unspecified atom stereocenters. The largest absolute Gasteiger partial charge is 0.497 e. The van der Waals surface area contributed by atoms with Crippen LogP contribution in [0.3, 0.4) is 0 Å². The number of esters is 1. The van der Waals surface area contributed by atoms with Crippen molar-refractivity contribution in [2.24, 2.45) is 0 Å². The zero-order chi connectivity index (χ0) is 19.9. The molecule has 0 spiro atoms. The molecule has 0 atom stereocenters. The van der Waals surface area contributed by atoms with Crippen LogP contribution in [0.1, 0.15) is 11.4 Å². The van der Waals surface area contributed by atoms with Crippen molar-refractivity contribution >= 4 is 39.1 Å². The van der Waals surface area contributed by atoms with Crippen molar-refractivity contribution in [1.82, 2.24) is 4.98 Å². The van der Waals surface area contributed by atoms with Gasteiger partial charge in [0.25, 0.3) is 5.91 Å². The SMILES string of the molecule is COc1ccc(OC)c(NC(=O)COC(=O)CCc2nc3ccccc3s2)c1. The van der Waals surface area contributed by atoms with Crippen LogP contribution < -0.4 is 14.8 Å². The first-order valence-corrected chi connectivity index (χ1v) is 9.42. The lowest BCUT2D eigenvalue weighted by atomic mass is 10.2. The Hall–Kier alpha value is -3.13. The first-order valence-electron chi connectivity index (χ1n) is 8.61. The normalized spacial score (nSPS) is 10.5. The second-order valence-electron chi connectivity index (χ2n) is 5.85. The van der Waals surface area contributed by atoms with E-state index in [2.05, 4.69) is 10.3 Å². The van der Waals surface area contributed by atoms with E-state index in [9.17, 15) is 9.59 Å². The van der Waals surface area contributed by atoms with E-state index < -0.39 is 11.9 Å². The fraction of sp³-hybridized carbons (Fsp3) is 0.250. The number of aryl methyl sites for hydroxylation is 1. The monoisotopic (exact) mass is 400 g/mol. The molecule has 7 nitrogen and oxygen atoms in total. The van der Waals surface area contributed by atoms with E-state index in [4.69, 9.17) is 14.2 Å². The Morgan fingerprint density at radius 2 is 1.93 bits per heavy atom. The minimum absolute atomic E-state index is 0.162. The number of hydrogen-bond acceptors (Lipinski definition) is 7. The van der Waals surface area contributed by atoms with Gasteiger partial charge in [-0.2, -0.15) is 0 Å². The average Bonchev–Trinajstić information content (AvgIpc) is 3.13. The van der Waals surface area contributed by atoms with Crippen LogP contribution in [0.15, 0.2) is 42.5 Å². The molecule has 2 aromatic carbocycles. The van der Waals surface area contributed by atoms with E-state index in [-0.39, 0.29) is 13.0 Å². The molecule has 0 aliphatic heterocycles. The molecule has 1 heterocycles. The first kappa shape index (κ1) is 19.6. The molecular formula is C20H20N2O5S. The van der Waals surface area contributed by atoms with Crippen LogP contribution in [-0.4, -0.2) is 37.7 Å². The highest BCUT2D eigenvalue weighted by atomic mass is 32.1. The number of hydrogen-bond donors (Lipinski definition) is 1. The molecule has 0 fully saturated rings. The van der Waals surface area contributed by atoms with Gasteiger partial charge in [-0.05, 0) is 24.3 Å². The van der Waals surface area contributed by atoms with Gasteiger partial charge in [0, 0.05) is 12.5 Å². The summed E-state index contributed by atoms with van der Waals surface area (Å²) in [6, 6.07) is 12.8. The molecule has 1 aromatic heterocycles. The van der Waals surface area contributed by atoms with Crippen molar-refractivity contribution in [1.29, 1.82) is 0 Å². The Balaban J connectivity index is 1.48. The Bertz CT molecular complexity index is 953. The summed E-state index contributed by atoms with van der Waals surface area (Å²) in [4.78, 5) is 28.5. The Morgan fingerprint density at radius 1 is 1.11 bits per heavy atom. The maximum absolute atomic E-state index is 12.1. The van der Waals surface area contributed by atoms with E-state index >= 15 is 0 Å². The lowest BCUT2D eigenvalue weighted by Crippen LogP contribution is -2.21. The lowest BCUT2D eigenvalue weighted by molar-refractivity contribution is -0.147. The quantitative estimate of drug-likeness (QED) is 0.583. The molecule has 8 heteroatoms. The van der Waals surface area contributed by atoms with Gasteiger partial charge in [0.1, 0.15) is 11.5 Å². The molecule has 0 radical (unpaired) electrons. The smallest absolute Gasteiger partial charge is 0.306 e. The van der Waals surface area contributed by atoms with Gasteiger partial charge in [0.2, 0.25) is 0 Å². The molecule has 0 saturated carbocycles. The molecule has 0 aliphatic rings. The summed E-state index contributed by atoms with van der Waals surface area (Å²) in [5.74, 6) is 0.146. The average molecular weight is 400 g/mol. The van der Waals surface area contributed by atoms with Crippen LogP contribution in [0, 0.1) is 0 Å². The van der Waals surface area contributed by atoms with Gasteiger partial charge in [0.15, 0.2) is 6.61 Å². The number of anilines is 1. The van der Waals surface area contributed by atoms with Gasteiger partial charge in [-0.25, -0.2) is 4.98 Å². The highest BCUT2D eigenvalue weighted by Gasteiger charge is 2.13. The van der Waals surface area contributed by atoms with Crippen molar-refractivity contribution in [3.63, 3.8) is 0 Å². The van der Waals surface area contributed by atoms with Gasteiger partial charge in [-0.15, -0.1) is 11.3 Å². The van der Waals surface area contributed by atoms with Gasteiger partial charge in [-0.1, -0.05) is 12.1 Å². The van der Waals surface area contributed by atoms with E-state index in [0.717, 1.165) is 15.2 Å². The molecule has 1 amide bonds. The molecule has 0 bridgehead atoms. The Kier molecular flexibility index (Phi) is 6.44. The molecular weight excluding hydrogens is 380 g/mol. The van der Waals surface area contributed by atoms with Crippen molar-refractivity contribution in [3.05, 3.63) is 47.5 Å². The van der Waals surface area contributed by atoms with Crippen molar-refractivity contribution in [3.8, 4) is 11.5 Å². The van der Waals surface area contributed by atoms with Crippen molar-refractivity contribution in [2.75, 3.05) is 26.1 Å². The third-order valence-corrected chi connectivity index (χ3v) is 5.02. The zero-order valence-corrected chi connectivity index (χ0v) is 16.4. The van der Waals surface area contributed by atoms with Crippen LogP contribution in [0.25, 0.3) is 10.2 Å². The third-order valence-electron chi connectivity index (χ3n) is 3.93. The first-order chi connectivity index (χ1) is 13.6. The van der Waals surface area contributed by atoms with E-state index in [1.54, 1.807) is 29.5 Å². The topological polar surface area (TPSA) is 86.8 Å². The number of carbonyl (C=O) groups excluding carboxylic acids is 2. The number of aromatic nitrogens is 1. The summed E-state index contributed by atoms with van der Waals surface area (Å²) in [6.07, 6.45) is 0.638. The van der Waals surface area contributed by atoms with Crippen molar-refractivity contribution < 1.29 is 23.8 Å². The maximum Gasteiger partial charge on any atom is 0.306 e. The summed E-state index contributed by atoms with van der Waals surface area (Å²) in [5.41, 5.74) is 1.36. The Labute approximate surface area is 166 Å². The molecule has 3 rings (SSSR count). The second kappa shape index (κ2) is 9.18. The highest BCUT2D eigenvalue weighted by molar-refractivity contribution is 7.18. The molecule has 0 aliphatic carbocycles. The predicted octanol–water partition coefficient (Wildman–Crippen LogP) is 3.43. The standard InChI is InChI=1S/C20H20N2O5S/c1-25-13-7-8-16(26-2)15(11-13)21-18(23)12-27-20(24)10-9-19-22-14-5-3-4-6-17(14)28-19/h3-8,11H,9-10,12H2,1-2H3,(H,21,23). The summed E-state index contributed by atoms with van der Waals surface area (Å²) >= 11 is 1.55. The molecule has 1 N–H and O–H groups in total. The predicted molar refractivity (Wildman–Crippen MR) is 107 cm³/mol. The summed E-state index contributed by atoms with van der Waals surface area (Å²) in [5, 5.41) is 3.52. The number of ether oxygens (including phenoxy) is 3. The van der Waals surface area contributed by atoms with E-state index in [1.807, 2.05) is 24.3 Å². The second-order valence-corrected chi connectivity index (χ2v) is 6.97. The van der Waals surface area contributed by atoms with Crippen LogP contribution in [0.4, 0.5) is 5.69 Å². The van der Waals surface area contributed by atoms with Crippen LogP contribution >= 0.6 is 11.3 Å². The number of fused-ring (bicyclic) bond motifs is 1. The van der Waals surface area contributed by atoms with Crippen LogP contribution in [0.2, 0.25) is 0 Å². The number of amides is 1. The molecule has 146 valence electrons. The highest BCUT2D eigenvalue weighted by Crippen LogP contribution is 2.28. The van der Waals surface area contributed by atoms with Gasteiger partial charge < -0.3 is 19.5 Å². The van der Waals surface area contributed by atoms with E-state index in [1.165, 1.54) is 14.2 Å². The number of rotatable bonds is 8. The Morgan fingerprint density at radius 3 is 2.68 bits per heavy atom. The van der Waals surface area contributed by atoms with E-state index in [0.29, 0.717) is 23.6 Å². The maximum atomic E-state index is 12.1. The minimum atomic E-state index is -0.458. The summed E-state index contributed by atoms with van der Waals surface area (Å²) in [6.45, 7) is -0.376. The molecule has 0 saturated heterocycles. The fourth-order valence-electron chi connectivity index (χ4n) is 2.55. The minimum Gasteiger partial charge on any atom is -0.497 e. The van der Waals surface area contributed by atoms with Gasteiger partial charge in [0.05, 0.1) is 41.6 Å². The summed E-state index contributed by atoms with van der Waals surface area (Å²) in [7, 11) is 3.03. The zero-order valence-electron chi connectivity index (χ0n) is 15.6. The number of thiazole rings is 1. The van der Waals surface area contributed by atoms with Gasteiger partial charge in [-0.3, -0.25) is 9.59 Å². The van der Waals surface area contributed by atoms with Crippen LogP contribution in [-0.2, 0) is 20.7 Å². The number of nitrogens with zero attached hydrogens (tertiary/aromatic N) is 1. The van der Waals surface area contributed by atoms with Crippen LogP contribution in [0.5, 0.6) is 11.5 Å². The van der Waals surface area contributed by atoms with Gasteiger partial charge >= 0.3 is 5.97 Å². The fourth-order valence-corrected chi connectivity index (χ4v) is 3.52. The number of benzene rings is 2. The number of methoxy groups -OCH3 is 2. The third kappa shape index (κ3) is 4.98. The number of para-hydroxylation sites is 1. The number of nitrogens with one attached hydrogen (secondary N) is 1. The summed E-state index contributed by atoms with van der Waals surface area (Å²) < 4.78 is 16.5. The number of carbonyl (C=O) groups is 2. The lowest BCUT2D eigenvalue weighted by Gasteiger charge is -2.11. The molecule has 28 heavy (non-hydrogen) atoms.